The van der Waals surface area contributed by atoms with E-state index in [0.29, 0.717) is 0 Å². The van der Waals surface area contributed by atoms with E-state index in [1.807, 2.05) is 22.7 Å². The van der Waals surface area contributed by atoms with Gasteiger partial charge in [-0.15, -0.1) is 22.7 Å². The van der Waals surface area contributed by atoms with E-state index in [0.717, 1.165) is 34.0 Å². The van der Waals surface area contributed by atoms with E-state index in [1.54, 1.807) is 0 Å². The highest BCUT2D eigenvalue weighted by Gasteiger charge is 2.31. The predicted molar refractivity (Wildman–Crippen MR) is 279 cm³/mol. The number of hydrogen-bond donors (Lipinski definition) is 1. The van der Waals surface area contributed by atoms with Crippen molar-refractivity contribution in [1.29, 1.82) is 0 Å². The van der Waals surface area contributed by atoms with Crippen molar-refractivity contribution in [2.75, 3.05) is 9.80 Å². The SMILES string of the molecule is [B]1c2cc3sc4ccccc4c3cc2N(c2ccc3sc4ccccc4c3c2)c2cc(N(c3ccccc3)c3ccccc3)cc(-c3cccc4c3[nH]c3c5ccccc5ccc43)c21. The van der Waals surface area contributed by atoms with Crippen LogP contribution < -0.4 is 20.7 Å². The summed E-state index contributed by atoms with van der Waals surface area (Å²) in [6.45, 7) is 0. The number of fused-ring (bicyclic) bond motifs is 13. The lowest BCUT2D eigenvalue weighted by Gasteiger charge is -2.37. The van der Waals surface area contributed by atoms with Crippen molar-refractivity contribution in [1.82, 2.24) is 4.98 Å². The molecule has 0 unspecified atom stereocenters. The molecule has 3 aromatic heterocycles. The Morgan fingerprint density at radius 3 is 1.78 bits per heavy atom. The summed E-state index contributed by atoms with van der Waals surface area (Å²) in [5.74, 6) is 0. The number of aromatic amines is 1. The van der Waals surface area contributed by atoms with Gasteiger partial charge in [0.2, 0.25) is 0 Å². The maximum atomic E-state index is 4.00. The Bertz CT molecular complexity index is 3980. The van der Waals surface area contributed by atoms with Crippen LogP contribution in [0.2, 0.25) is 0 Å². The molecule has 0 spiro atoms. The van der Waals surface area contributed by atoms with Crippen LogP contribution in [0.4, 0.5) is 34.1 Å². The zero-order valence-corrected chi connectivity index (χ0v) is 36.1. The number of rotatable bonds is 5. The molecule has 0 aliphatic carbocycles. The van der Waals surface area contributed by atoms with Crippen LogP contribution in [0.5, 0.6) is 0 Å². The lowest BCUT2D eigenvalue weighted by atomic mass is 9.58. The van der Waals surface area contributed by atoms with Crippen molar-refractivity contribution < 1.29 is 0 Å². The highest BCUT2D eigenvalue weighted by molar-refractivity contribution is 7.26. The minimum absolute atomic E-state index is 1.08. The molecule has 6 heteroatoms. The monoisotopic (exact) mass is 848 g/mol. The molecule has 0 saturated carbocycles. The Morgan fingerprint density at radius 1 is 0.391 bits per heavy atom. The molecule has 1 radical (unpaired) electrons. The molecule has 297 valence electrons. The third-order valence-electron chi connectivity index (χ3n) is 13.2. The van der Waals surface area contributed by atoms with Crippen molar-refractivity contribution >= 4 is 148 Å². The van der Waals surface area contributed by atoms with Gasteiger partial charge >= 0.3 is 0 Å². The summed E-state index contributed by atoms with van der Waals surface area (Å²) in [4.78, 5) is 8.95. The second kappa shape index (κ2) is 13.9. The second-order valence-electron chi connectivity index (χ2n) is 16.8. The van der Waals surface area contributed by atoms with E-state index < -0.39 is 0 Å². The van der Waals surface area contributed by atoms with Crippen molar-refractivity contribution in [3.05, 3.63) is 206 Å². The van der Waals surface area contributed by atoms with Crippen LogP contribution >= 0.6 is 22.7 Å². The largest absolute Gasteiger partial charge is 0.353 e. The molecule has 13 aromatic rings. The summed E-state index contributed by atoms with van der Waals surface area (Å²) in [5, 5.41) is 10.1. The smallest absolute Gasteiger partial charge is 0.197 e. The number of hydrogen-bond acceptors (Lipinski definition) is 4. The molecule has 1 N–H and O–H groups in total. The molecule has 14 rings (SSSR count). The fourth-order valence-corrected chi connectivity index (χ4v) is 12.5. The van der Waals surface area contributed by atoms with Gasteiger partial charge in [-0.1, -0.05) is 133 Å². The summed E-state index contributed by atoms with van der Waals surface area (Å²) in [7, 11) is 2.45. The number of thiophene rings is 2. The van der Waals surface area contributed by atoms with Crippen LogP contribution in [0.15, 0.2) is 206 Å². The maximum Gasteiger partial charge on any atom is 0.197 e. The molecule has 10 aromatic carbocycles. The molecule has 64 heavy (non-hydrogen) atoms. The normalized spacial score (nSPS) is 12.5. The van der Waals surface area contributed by atoms with E-state index in [4.69, 9.17) is 0 Å². The molecule has 4 heterocycles. The quantitative estimate of drug-likeness (QED) is 0.174. The number of benzene rings is 10. The highest BCUT2D eigenvalue weighted by Crippen LogP contribution is 2.47. The lowest BCUT2D eigenvalue weighted by Crippen LogP contribution is -2.41. The molecular formula is C58H35BN3S2. The summed E-state index contributed by atoms with van der Waals surface area (Å²) in [6, 6.07) is 76.0. The van der Waals surface area contributed by atoms with Gasteiger partial charge in [0, 0.05) is 96.2 Å². The van der Waals surface area contributed by atoms with Crippen molar-refractivity contribution in [3.63, 3.8) is 0 Å². The van der Waals surface area contributed by atoms with Crippen molar-refractivity contribution in [2.24, 2.45) is 0 Å². The van der Waals surface area contributed by atoms with Crippen LogP contribution in [0.1, 0.15) is 0 Å². The summed E-state index contributed by atoms with van der Waals surface area (Å²) < 4.78 is 5.19. The van der Waals surface area contributed by atoms with Gasteiger partial charge in [0.1, 0.15) is 0 Å². The van der Waals surface area contributed by atoms with Gasteiger partial charge in [0.15, 0.2) is 7.28 Å². The van der Waals surface area contributed by atoms with Crippen LogP contribution in [-0.4, -0.2) is 12.3 Å². The summed E-state index contributed by atoms with van der Waals surface area (Å²) >= 11 is 3.74. The topological polar surface area (TPSA) is 22.3 Å². The summed E-state index contributed by atoms with van der Waals surface area (Å²) in [5.41, 5.74) is 13.7. The summed E-state index contributed by atoms with van der Waals surface area (Å²) in [6.07, 6.45) is 0. The van der Waals surface area contributed by atoms with E-state index in [2.05, 4.69) is 228 Å². The van der Waals surface area contributed by atoms with E-state index in [-0.39, 0.29) is 0 Å². The molecular weight excluding hydrogens is 814 g/mol. The standard InChI is InChI=1S/C58H35BN3S2/c1-3-15-36(16-4-1)61(37-17-5-2-6-18-37)39-31-48(44-23-13-22-43-45-28-26-35-14-7-8-19-40(35)57(45)60-58(43)44)56-51(32-39)62(38-27-29-54-46(30-38)41-20-9-11-24-52(41)63-54)50-33-47-42-21-10-12-25-53(42)64-55(47)34-49(50)59-56/h1-34,60H. The van der Waals surface area contributed by atoms with Gasteiger partial charge in [-0.2, -0.15) is 0 Å². The van der Waals surface area contributed by atoms with Gasteiger partial charge in [0.25, 0.3) is 0 Å². The molecule has 1 aliphatic heterocycles. The third kappa shape index (κ3) is 5.40. The first-order valence-corrected chi connectivity index (χ1v) is 23.4. The number of anilines is 6. The van der Waals surface area contributed by atoms with E-state index >= 15 is 0 Å². The Morgan fingerprint density at radius 2 is 1.02 bits per heavy atom. The zero-order valence-electron chi connectivity index (χ0n) is 34.4. The lowest BCUT2D eigenvalue weighted by molar-refractivity contribution is 1.26. The number of nitrogens with zero attached hydrogens (tertiary/aromatic N) is 2. The zero-order chi connectivity index (χ0) is 41.9. The van der Waals surface area contributed by atoms with Crippen LogP contribution in [0.25, 0.3) is 84.0 Å². The van der Waals surface area contributed by atoms with Crippen molar-refractivity contribution in [2.45, 2.75) is 0 Å². The molecule has 0 bridgehead atoms. The molecule has 0 fully saturated rings. The Balaban J connectivity index is 1.11. The molecule has 3 nitrogen and oxygen atoms in total. The molecule has 0 saturated heterocycles. The average Bonchev–Trinajstić information content (AvgIpc) is 4.04. The Hall–Kier alpha value is -7.64. The Kier molecular flexibility index (Phi) is 7.82. The fraction of sp³-hybridized carbons (Fsp3) is 0. The first-order valence-electron chi connectivity index (χ1n) is 21.7. The van der Waals surface area contributed by atoms with E-state index in [1.165, 1.54) is 95.1 Å². The molecule has 0 amide bonds. The maximum absolute atomic E-state index is 4.00. The van der Waals surface area contributed by atoms with Crippen molar-refractivity contribution in [3.8, 4) is 11.1 Å². The average molecular weight is 849 g/mol. The van der Waals surface area contributed by atoms with Gasteiger partial charge in [-0.3, -0.25) is 0 Å². The van der Waals surface area contributed by atoms with Gasteiger partial charge in [-0.05, 0) is 95.3 Å². The number of aromatic nitrogens is 1. The van der Waals surface area contributed by atoms with E-state index in [9.17, 15) is 0 Å². The predicted octanol–water partition coefficient (Wildman–Crippen LogP) is 15.8. The third-order valence-corrected chi connectivity index (χ3v) is 15.5. The van der Waals surface area contributed by atoms with Crippen LogP contribution in [0, 0.1) is 0 Å². The molecule has 1 aliphatic rings. The number of para-hydroxylation sites is 3. The minimum atomic E-state index is 1.08. The number of H-pyrrole nitrogens is 1. The number of nitrogens with one attached hydrogen (secondary N) is 1. The highest BCUT2D eigenvalue weighted by atomic mass is 32.1. The minimum Gasteiger partial charge on any atom is -0.353 e. The van der Waals surface area contributed by atoms with Gasteiger partial charge in [0.05, 0.1) is 11.0 Å². The van der Waals surface area contributed by atoms with Crippen LogP contribution in [-0.2, 0) is 0 Å². The fourth-order valence-electron chi connectivity index (χ4n) is 10.3. The van der Waals surface area contributed by atoms with Gasteiger partial charge in [-0.25, -0.2) is 0 Å². The second-order valence-corrected chi connectivity index (χ2v) is 18.9. The molecule has 0 atom stereocenters. The van der Waals surface area contributed by atoms with Crippen LogP contribution in [0.3, 0.4) is 0 Å². The van der Waals surface area contributed by atoms with Gasteiger partial charge < -0.3 is 14.8 Å². The first kappa shape index (κ1) is 35.9. The first-order chi connectivity index (χ1) is 31.7. The Labute approximate surface area is 377 Å².